The zero-order valence-electron chi connectivity index (χ0n) is 15.8. The number of benzene rings is 3. The lowest BCUT2D eigenvalue weighted by Gasteiger charge is -2.21. The number of rotatable bonds is 7. The van der Waals surface area contributed by atoms with Crippen LogP contribution in [0.5, 0.6) is 0 Å². The van der Waals surface area contributed by atoms with Crippen molar-refractivity contribution in [2.75, 3.05) is 5.32 Å². The Labute approximate surface area is 200 Å². The van der Waals surface area contributed by atoms with Crippen molar-refractivity contribution in [1.29, 1.82) is 0 Å². The van der Waals surface area contributed by atoms with Crippen LogP contribution in [0.3, 0.4) is 0 Å². The Hall–Kier alpha value is -1.80. The summed E-state index contributed by atoms with van der Waals surface area (Å²) in [6, 6.07) is 15.0. The quantitative estimate of drug-likeness (QED) is 0.356. The van der Waals surface area contributed by atoms with Gasteiger partial charge in [-0.25, -0.2) is 13.6 Å². The fraction of sp³-hybridized carbons (Fsp3) is 0.0952. The van der Waals surface area contributed by atoms with Gasteiger partial charge in [0.05, 0.1) is 21.0 Å². The van der Waals surface area contributed by atoms with Crippen molar-refractivity contribution in [3.63, 3.8) is 0 Å². The second kappa shape index (κ2) is 9.77. The van der Waals surface area contributed by atoms with E-state index in [1.165, 1.54) is 18.2 Å². The Morgan fingerprint density at radius 3 is 2.13 bits per heavy atom. The molecule has 3 N–H and O–H groups in total. The molecule has 10 heteroatoms. The molecule has 31 heavy (non-hydrogen) atoms. The van der Waals surface area contributed by atoms with Crippen LogP contribution in [0.1, 0.15) is 28.4 Å². The molecule has 0 radical (unpaired) electrons. The van der Waals surface area contributed by atoms with E-state index in [9.17, 15) is 13.2 Å². The summed E-state index contributed by atoms with van der Waals surface area (Å²) >= 11 is 24.4. The third-order valence-electron chi connectivity index (χ3n) is 4.49. The number of primary sulfonamides is 1. The Balaban J connectivity index is 1.92. The van der Waals surface area contributed by atoms with Crippen molar-refractivity contribution in [2.24, 2.45) is 5.14 Å². The first kappa shape index (κ1) is 23.9. The summed E-state index contributed by atoms with van der Waals surface area (Å²) in [4.78, 5) is 12.9. The molecule has 3 aromatic carbocycles. The van der Waals surface area contributed by atoms with Crippen molar-refractivity contribution in [3.8, 4) is 0 Å². The van der Waals surface area contributed by atoms with Gasteiger partial charge in [0, 0.05) is 27.7 Å². The summed E-state index contributed by atoms with van der Waals surface area (Å²) in [6.45, 7) is 0. The fourth-order valence-electron chi connectivity index (χ4n) is 2.94. The molecule has 0 spiro atoms. The number of hydrogen-bond acceptors (Lipinski definition) is 4. The summed E-state index contributed by atoms with van der Waals surface area (Å²) in [5.74, 6) is -0.191. The minimum absolute atomic E-state index is 0.0222. The summed E-state index contributed by atoms with van der Waals surface area (Å²) in [6.07, 6.45) is 0.0379. The molecule has 0 bridgehead atoms. The van der Waals surface area contributed by atoms with Crippen molar-refractivity contribution in [1.82, 2.24) is 0 Å². The predicted octanol–water partition coefficient (Wildman–Crippen LogP) is 6.37. The molecule has 5 nitrogen and oxygen atoms in total. The lowest BCUT2D eigenvalue weighted by Crippen LogP contribution is -2.17. The molecule has 0 amide bonds. The number of nitrogens with two attached hydrogens (primary N) is 1. The minimum Gasteiger partial charge on any atom is -0.378 e. The van der Waals surface area contributed by atoms with E-state index in [1.54, 1.807) is 42.5 Å². The maximum Gasteiger partial charge on any atom is 0.238 e. The maximum atomic E-state index is 12.9. The highest BCUT2D eigenvalue weighted by Crippen LogP contribution is 2.32. The van der Waals surface area contributed by atoms with Gasteiger partial charge in [-0.15, -0.1) is 0 Å². The molecular formula is C21H16Cl4N2O3S. The Bertz CT molecular complexity index is 1230. The van der Waals surface area contributed by atoms with Gasteiger partial charge < -0.3 is 5.32 Å². The molecule has 0 aliphatic rings. The highest BCUT2D eigenvalue weighted by Gasteiger charge is 2.21. The molecule has 0 fully saturated rings. The van der Waals surface area contributed by atoms with E-state index in [0.717, 1.165) is 0 Å². The molecule has 0 aromatic heterocycles. The first-order chi connectivity index (χ1) is 14.5. The van der Waals surface area contributed by atoms with Crippen LogP contribution in [0.4, 0.5) is 5.69 Å². The van der Waals surface area contributed by atoms with Gasteiger partial charge in [0.25, 0.3) is 0 Å². The first-order valence-corrected chi connectivity index (χ1v) is 11.9. The summed E-state index contributed by atoms with van der Waals surface area (Å²) in [7, 11) is -3.82. The molecule has 0 saturated heterocycles. The molecule has 0 saturated carbocycles. The lowest BCUT2D eigenvalue weighted by molar-refractivity contribution is 0.0976. The van der Waals surface area contributed by atoms with Gasteiger partial charge in [-0.05, 0) is 60.2 Å². The zero-order chi connectivity index (χ0) is 22.8. The number of hydrogen-bond donors (Lipinski definition) is 2. The predicted molar refractivity (Wildman–Crippen MR) is 126 cm³/mol. The molecular weight excluding hydrogens is 502 g/mol. The minimum atomic E-state index is -3.82. The molecule has 1 unspecified atom stereocenters. The van der Waals surface area contributed by atoms with Crippen LogP contribution in [0.25, 0.3) is 0 Å². The van der Waals surface area contributed by atoms with E-state index in [1.807, 2.05) is 0 Å². The van der Waals surface area contributed by atoms with E-state index in [2.05, 4.69) is 5.32 Å². The van der Waals surface area contributed by atoms with Crippen LogP contribution < -0.4 is 10.5 Å². The average molecular weight is 518 g/mol. The summed E-state index contributed by atoms with van der Waals surface area (Å²) < 4.78 is 23.0. The number of ketones is 1. The molecule has 1 atom stereocenters. The van der Waals surface area contributed by atoms with E-state index < -0.39 is 16.1 Å². The standard InChI is InChI=1S/C21H16Cl4N2O3S/c22-13-2-7-16(18(24)10-13)20(11-21(28)12-1-8-17(23)19(25)9-12)27-14-3-5-15(6-4-14)31(26,29)30/h1-10,20,27H,11H2,(H2,26,29,30). The third-order valence-corrected chi connectivity index (χ3v) is 6.72. The van der Waals surface area contributed by atoms with Crippen molar-refractivity contribution in [3.05, 3.63) is 91.9 Å². The summed E-state index contributed by atoms with van der Waals surface area (Å²) in [5, 5.41) is 9.83. The molecule has 0 aliphatic heterocycles. The lowest BCUT2D eigenvalue weighted by atomic mass is 9.97. The Morgan fingerprint density at radius 1 is 0.871 bits per heavy atom. The normalized spacial score (nSPS) is 12.4. The van der Waals surface area contributed by atoms with Gasteiger partial charge in [0.2, 0.25) is 10.0 Å². The maximum absolute atomic E-state index is 12.9. The number of sulfonamides is 1. The topological polar surface area (TPSA) is 89.3 Å². The van der Waals surface area contributed by atoms with Crippen molar-refractivity contribution < 1.29 is 13.2 Å². The van der Waals surface area contributed by atoms with Crippen molar-refractivity contribution in [2.45, 2.75) is 17.4 Å². The van der Waals surface area contributed by atoms with Gasteiger partial charge >= 0.3 is 0 Å². The number of Topliss-reactive ketones (excluding diaryl/α,β-unsaturated/α-hetero) is 1. The smallest absolute Gasteiger partial charge is 0.238 e. The van der Waals surface area contributed by atoms with Gasteiger partial charge in [0.15, 0.2) is 5.78 Å². The van der Waals surface area contributed by atoms with Crippen LogP contribution in [0.15, 0.2) is 65.6 Å². The number of nitrogens with one attached hydrogen (secondary N) is 1. The number of carbonyl (C=O) groups excluding carboxylic acids is 1. The Kier molecular flexibility index (Phi) is 7.52. The van der Waals surface area contributed by atoms with E-state index in [-0.39, 0.29) is 22.1 Å². The largest absolute Gasteiger partial charge is 0.378 e. The number of halogens is 4. The van der Waals surface area contributed by atoms with E-state index >= 15 is 0 Å². The van der Waals surface area contributed by atoms with Gasteiger partial charge in [0.1, 0.15) is 0 Å². The SMILES string of the molecule is NS(=O)(=O)c1ccc(NC(CC(=O)c2ccc(Cl)c(Cl)c2)c2ccc(Cl)cc2Cl)cc1. The molecule has 0 aliphatic carbocycles. The molecule has 0 heterocycles. The molecule has 3 aromatic rings. The van der Waals surface area contributed by atoms with Crippen LogP contribution in [0, 0.1) is 0 Å². The van der Waals surface area contributed by atoms with E-state index in [0.29, 0.717) is 31.9 Å². The number of carbonyl (C=O) groups is 1. The molecule has 3 rings (SSSR count). The summed E-state index contributed by atoms with van der Waals surface area (Å²) in [5.41, 5.74) is 1.62. The Morgan fingerprint density at radius 2 is 1.55 bits per heavy atom. The van der Waals surface area contributed by atoms with Gasteiger partial charge in [-0.2, -0.15) is 0 Å². The van der Waals surface area contributed by atoms with Crippen LogP contribution in [-0.2, 0) is 10.0 Å². The third kappa shape index (κ3) is 6.13. The highest BCUT2D eigenvalue weighted by atomic mass is 35.5. The molecule has 162 valence electrons. The van der Waals surface area contributed by atoms with E-state index in [4.69, 9.17) is 51.5 Å². The van der Waals surface area contributed by atoms with Gasteiger partial charge in [-0.3, -0.25) is 4.79 Å². The van der Waals surface area contributed by atoms with Crippen molar-refractivity contribution >= 4 is 67.9 Å². The zero-order valence-corrected chi connectivity index (χ0v) is 19.6. The second-order valence-corrected chi connectivity index (χ2v) is 9.91. The van der Waals surface area contributed by atoms with Crippen LogP contribution >= 0.6 is 46.4 Å². The fourth-order valence-corrected chi connectivity index (χ4v) is 4.29. The first-order valence-electron chi connectivity index (χ1n) is 8.87. The van der Waals surface area contributed by atoms with Crippen LogP contribution in [0.2, 0.25) is 20.1 Å². The monoisotopic (exact) mass is 516 g/mol. The highest BCUT2D eigenvalue weighted by molar-refractivity contribution is 7.89. The van der Waals surface area contributed by atoms with Gasteiger partial charge in [-0.1, -0.05) is 52.5 Å². The number of anilines is 1. The second-order valence-electron chi connectivity index (χ2n) is 6.69. The average Bonchev–Trinajstić information content (AvgIpc) is 2.69. The van der Waals surface area contributed by atoms with Crippen LogP contribution in [-0.4, -0.2) is 14.2 Å².